The number of carbonyl (C=O) groups excluding carboxylic acids is 4. The first-order chi connectivity index (χ1) is 48.6. The third kappa shape index (κ3) is 73.0. The minimum atomic E-state index is -4.96. The van der Waals surface area contributed by atoms with Gasteiger partial charge in [-0.1, -0.05) is 381 Å². The molecule has 0 bridgehead atoms. The fraction of sp³-hybridized carbons (Fsp3) is 0.951. The number of carbonyl (C=O) groups is 4. The van der Waals surface area contributed by atoms with E-state index in [0.29, 0.717) is 25.7 Å². The van der Waals surface area contributed by atoms with Crippen molar-refractivity contribution >= 4 is 39.5 Å². The molecule has 0 saturated carbocycles. The van der Waals surface area contributed by atoms with Gasteiger partial charge in [-0.15, -0.1) is 0 Å². The summed E-state index contributed by atoms with van der Waals surface area (Å²) < 4.78 is 68.8. The number of phosphoric acid groups is 2. The molecule has 3 N–H and O–H groups in total. The summed E-state index contributed by atoms with van der Waals surface area (Å²) >= 11 is 0. The van der Waals surface area contributed by atoms with Crippen LogP contribution in [0.2, 0.25) is 0 Å². The molecule has 0 aliphatic rings. The lowest BCUT2D eigenvalue weighted by Gasteiger charge is -2.21. The van der Waals surface area contributed by atoms with Gasteiger partial charge < -0.3 is 33.8 Å². The molecule has 0 aromatic carbocycles. The molecule has 0 heterocycles. The SMILES string of the molecule is CCCCCCCCCCCCCCCCCCCC(=O)O[C@H](COC(=O)CCCCCCCCCCCCCCCCCC)COP(=O)(O)OC[C@@H](O)COP(=O)(O)OC[C@@H](COC(=O)CCCCCCCCCCC(C)CC)OC(=O)CCCCCCCCCCCCCCCCC. The third-order valence-electron chi connectivity index (χ3n) is 19.4. The highest BCUT2D eigenvalue weighted by molar-refractivity contribution is 7.47. The molecule has 0 amide bonds. The maximum Gasteiger partial charge on any atom is 0.472 e. The summed E-state index contributed by atoms with van der Waals surface area (Å²) in [5.41, 5.74) is 0. The lowest BCUT2D eigenvalue weighted by molar-refractivity contribution is -0.161. The summed E-state index contributed by atoms with van der Waals surface area (Å²) in [5, 5.41) is 10.6. The van der Waals surface area contributed by atoms with Crippen LogP contribution in [0.25, 0.3) is 0 Å². The Hall–Kier alpha value is -1.94. The molecule has 0 rings (SSSR count). The number of esters is 4. The van der Waals surface area contributed by atoms with Crippen LogP contribution in [0.3, 0.4) is 0 Å². The molecule has 6 atom stereocenters. The number of phosphoric ester groups is 2. The van der Waals surface area contributed by atoms with Crippen LogP contribution in [0.4, 0.5) is 0 Å². The number of ether oxygens (including phenoxy) is 4. The van der Waals surface area contributed by atoms with Gasteiger partial charge in [-0.2, -0.15) is 0 Å². The maximum atomic E-state index is 13.1. The summed E-state index contributed by atoms with van der Waals surface area (Å²) in [6.07, 6.45) is 65.0. The maximum absolute atomic E-state index is 13.1. The summed E-state index contributed by atoms with van der Waals surface area (Å²) in [4.78, 5) is 73.1. The first kappa shape index (κ1) is 98.1. The van der Waals surface area contributed by atoms with Gasteiger partial charge in [0.05, 0.1) is 26.4 Å². The highest BCUT2D eigenvalue weighted by atomic mass is 31.2. The van der Waals surface area contributed by atoms with Gasteiger partial charge in [-0.25, -0.2) is 9.13 Å². The van der Waals surface area contributed by atoms with Crippen LogP contribution in [0.1, 0.15) is 433 Å². The van der Waals surface area contributed by atoms with Crippen molar-refractivity contribution in [2.24, 2.45) is 5.92 Å². The number of hydrogen-bond acceptors (Lipinski definition) is 15. The Morgan fingerprint density at radius 2 is 0.480 bits per heavy atom. The van der Waals surface area contributed by atoms with Crippen molar-refractivity contribution in [3.05, 3.63) is 0 Å². The van der Waals surface area contributed by atoms with Crippen molar-refractivity contribution in [3.63, 3.8) is 0 Å². The fourth-order valence-electron chi connectivity index (χ4n) is 12.6. The Bertz CT molecular complexity index is 1910. The molecule has 0 aliphatic carbocycles. The molecular formula is C81H158O17P2. The van der Waals surface area contributed by atoms with Crippen LogP contribution in [-0.2, 0) is 65.4 Å². The van der Waals surface area contributed by atoms with E-state index < -0.39 is 97.5 Å². The molecule has 0 aromatic heterocycles. The van der Waals surface area contributed by atoms with Gasteiger partial charge in [0.1, 0.15) is 19.3 Å². The summed E-state index contributed by atoms with van der Waals surface area (Å²) in [5.74, 6) is -1.33. The Morgan fingerprint density at radius 1 is 0.280 bits per heavy atom. The van der Waals surface area contributed by atoms with E-state index in [0.717, 1.165) is 95.8 Å². The zero-order chi connectivity index (χ0) is 73.4. The molecule has 3 unspecified atom stereocenters. The smallest absolute Gasteiger partial charge is 0.462 e. The van der Waals surface area contributed by atoms with E-state index in [4.69, 9.17) is 37.0 Å². The van der Waals surface area contributed by atoms with Crippen molar-refractivity contribution in [3.8, 4) is 0 Å². The van der Waals surface area contributed by atoms with E-state index in [1.54, 1.807) is 0 Å². The predicted octanol–water partition coefficient (Wildman–Crippen LogP) is 24.4. The van der Waals surface area contributed by atoms with E-state index in [-0.39, 0.29) is 25.7 Å². The Kier molecular flexibility index (Phi) is 72.5. The Balaban J connectivity index is 5.27. The van der Waals surface area contributed by atoms with Gasteiger partial charge in [-0.3, -0.25) is 37.3 Å². The van der Waals surface area contributed by atoms with E-state index in [1.165, 1.54) is 257 Å². The normalized spacial score (nSPS) is 14.1. The molecule has 19 heteroatoms. The second kappa shape index (κ2) is 73.9. The predicted molar refractivity (Wildman–Crippen MR) is 409 cm³/mol. The monoisotopic (exact) mass is 1470 g/mol. The number of rotatable bonds is 81. The number of hydrogen-bond donors (Lipinski definition) is 3. The minimum absolute atomic E-state index is 0.108. The van der Waals surface area contributed by atoms with Crippen molar-refractivity contribution < 1.29 is 80.2 Å². The van der Waals surface area contributed by atoms with Crippen LogP contribution >= 0.6 is 15.6 Å². The molecule has 0 spiro atoms. The lowest BCUT2D eigenvalue weighted by atomic mass is 9.99. The molecule has 0 fully saturated rings. The Morgan fingerprint density at radius 3 is 0.710 bits per heavy atom. The van der Waals surface area contributed by atoms with Crippen molar-refractivity contribution in [2.45, 2.75) is 451 Å². The third-order valence-corrected chi connectivity index (χ3v) is 21.3. The number of aliphatic hydroxyl groups is 1. The molecule has 0 aliphatic heterocycles. The second-order valence-electron chi connectivity index (χ2n) is 29.4. The van der Waals surface area contributed by atoms with Gasteiger partial charge in [0.25, 0.3) is 0 Å². The first-order valence-electron chi connectivity index (χ1n) is 42.2. The highest BCUT2D eigenvalue weighted by Crippen LogP contribution is 2.45. The zero-order valence-corrected chi connectivity index (χ0v) is 67.1. The van der Waals surface area contributed by atoms with Crippen LogP contribution in [0, 0.1) is 5.92 Å². The van der Waals surface area contributed by atoms with Crippen LogP contribution in [-0.4, -0.2) is 96.7 Å². The zero-order valence-electron chi connectivity index (χ0n) is 65.3. The molecule has 100 heavy (non-hydrogen) atoms. The standard InChI is InChI=1S/C81H158O17P2/c1-6-10-13-16-19-22-25-28-31-33-36-39-42-45-52-57-62-67-80(85)97-76(70-91-78(83)64-59-54-49-43-40-37-35-32-29-26-23-20-17-14-11-7-2)72-95-99(87,88)93-68-75(82)69-94-100(89,90)96-73-77(71-92-79(84)65-60-55-50-47-46-48-53-58-63-74(5)9-4)98-81(86)66-61-56-51-44-41-38-34-30-27-24-21-18-15-12-8-3/h74-77,82H,6-73H2,1-5H3,(H,87,88)(H,89,90)/t74?,75-,76-,77-/m1/s1. The molecular weight excluding hydrogens is 1310 g/mol. The van der Waals surface area contributed by atoms with E-state index in [9.17, 15) is 43.2 Å². The van der Waals surface area contributed by atoms with Gasteiger partial charge in [0, 0.05) is 25.7 Å². The van der Waals surface area contributed by atoms with Crippen LogP contribution in [0.15, 0.2) is 0 Å². The summed E-state index contributed by atoms with van der Waals surface area (Å²) in [6.45, 7) is 7.35. The number of unbranched alkanes of at least 4 members (excludes halogenated alkanes) is 52. The average molecular weight is 1470 g/mol. The topological polar surface area (TPSA) is 237 Å². The quantitative estimate of drug-likeness (QED) is 0.0222. The fourth-order valence-corrected chi connectivity index (χ4v) is 14.1. The van der Waals surface area contributed by atoms with E-state index in [2.05, 4.69) is 34.6 Å². The van der Waals surface area contributed by atoms with Gasteiger partial charge >= 0.3 is 39.5 Å². The largest absolute Gasteiger partial charge is 0.472 e. The molecule has 17 nitrogen and oxygen atoms in total. The highest BCUT2D eigenvalue weighted by Gasteiger charge is 2.30. The summed E-state index contributed by atoms with van der Waals surface area (Å²) in [7, 11) is -9.92. The minimum Gasteiger partial charge on any atom is -0.462 e. The van der Waals surface area contributed by atoms with Crippen molar-refractivity contribution in [1.29, 1.82) is 0 Å². The van der Waals surface area contributed by atoms with Gasteiger partial charge in [0.15, 0.2) is 12.2 Å². The van der Waals surface area contributed by atoms with Gasteiger partial charge in [0.2, 0.25) is 0 Å². The Labute approximate surface area is 613 Å². The van der Waals surface area contributed by atoms with Gasteiger partial charge in [-0.05, 0) is 31.6 Å². The van der Waals surface area contributed by atoms with Crippen LogP contribution < -0.4 is 0 Å². The van der Waals surface area contributed by atoms with Crippen molar-refractivity contribution in [2.75, 3.05) is 39.6 Å². The molecule has 0 saturated heterocycles. The molecule has 0 aromatic rings. The molecule has 0 radical (unpaired) electrons. The van der Waals surface area contributed by atoms with E-state index >= 15 is 0 Å². The second-order valence-corrected chi connectivity index (χ2v) is 32.3. The summed E-state index contributed by atoms with van der Waals surface area (Å²) in [6, 6.07) is 0. The lowest BCUT2D eigenvalue weighted by Crippen LogP contribution is -2.30. The van der Waals surface area contributed by atoms with Crippen molar-refractivity contribution in [1.82, 2.24) is 0 Å². The first-order valence-corrected chi connectivity index (χ1v) is 45.2. The number of aliphatic hydroxyl groups excluding tert-OH is 1. The molecule has 594 valence electrons. The van der Waals surface area contributed by atoms with Crippen LogP contribution in [0.5, 0.6) is 0 Å². The average Bonchev–Trinajstić information content (AvgIpc) is 0.944. The van der Waals surface area contributed by atoms with E-state index in [1.807, 2.05) is 0 Å².